The number of benzene rings is 2. The highest BCUT2D eigenvalue weighted by Crippen LogP contribution is 2.26. The van der Waals surface area contributed by atoms with Gasteiger partial charge in [-0.15, -0.1) is 0 Å². The predicted molar refractivity (Wildman–Crippen MR) is 70.3 cm³/mol. The van der Waals surface area contributed by atoms with Crippen molar-refractivity contribution < 1.29 is 4.39 Å². The molecular formula is C15H13FN2. The summed E-state index contributed by atoms with van der Waals surface area (Å²) in [5.74, 6) is -0.326. The molecule has 2 aromatic carbocycles. The zero-order chi connectivity index (χ0) is 13.1. The first kappa shape index (κ1) is 12.1. The van der Waals surface area contributed by atoms with Crippen molar-refractivity contribution in [1.29, 1.82) is 5.26 Å². The summed E-state index contributed by atoms with van der Waals surface area (Å²) in [5, 5.41) is 12.1. The first-order valence-electron chi connectivity index (χ1n) is 5.64. The Morgan fingerprint density at radius 1 is 1.17 bits per heavy atom. The van der Waals surface area contributed by atoms with Crippen LogP contribution in [-0.4, -0.2) is 0 Å². The maximum atomic E-state index is 13.7. The molecule has 2 nitrogen and oxygen atoms in total. The molecule has 0 aliphatic heterocycles. The van der Waals surface area contributed by atoms with Gasteiger partial charge in [-0.3, -0.25) is 0 Å². The molecule has 0 saturated carbocycles. The quantitative estimate of drug-likeness (QED) is 0.859. The number of aryl methyl sites for hydroxylation is 2. The van der Waals surface area contributed by atoms with Gasteiger partial charge in [0.2, 0.25) is 0 Å². The molecule has 90 valence electrons. The van der Waals surface area contributed by atoms with E-state index in [4.69, 9.17) is 5.26 Å². The van der Waals surface area contributed by atoms with Crippen molar-refractivity contribution in [2.45, 2.75) is 13.8 Å². The highest BCUT2D eigenvalue weighted by molar-refractivity contribution is 5.70. The summed E-state index contributed by atoms with van der Waals surface area (Å²) in [6.07, 6.45) is 0. The lowest BCUT2D eigenvalue weighted by Gasteiger charge is -2.12. The lowest BCUT2D eigenvalue weighted by Crippen LogP contribution is -1.99. The van der Waals surface area contributed by atoms with Crippen LogP contribution in [0.2, 0.25) is 0 Å². The molecule has 0 spiro atoms. The average Bonchev–Trinajstić information content (AvgIpc) is 2.36. The highest BCUT2D eigenvalue weighted by Gasteiger charge is 2.08. The van der Waals surface area contributed by atoms with Crippen molar-refractivity contribution in [1.82, 2.24) is 0 Å². The van der Waals surface area contributed by atoms with Crippen molar-refractivity contribution in [3.8, 4) is 6.07 Å². The van der Waals surface area contributed by atoms with Crippen LogP contribution < -0.4 is 5.32 Å². The predicted octanol–water partition coefficient (Wildman–Crippen LogP) is 4.06. The molecule has 1 N–H and O–H groups in total. The maximum absolute atomic E-state index is 13.7. The van der Waals surface area contributed by atoms with E-state index in [-0.39, 0.29) is 5.82 Å². The Morgan fingerprint density at radius 2 is 1.94 bits per heavy atom. The summed E-state index contributed by atoms with van der Waals surface area (Å²) in [4.78, 5) is 0. The third-order valence-electron chi connectivity index (χ3n) is 2.77. The fraction of sp³-hybridized carbons (Fsp3) is 0.133. The van der Waals surface area contributed by atoms with E-state index < -0.39 is 0 Å². The van der Waals surface area contributed by atoms with E-state index in [1.54, 1.807) is 18.2 Å². The average molecular weight is 240 g/mol. The van der Waals surface area contributed by atoms with Gasteiger partial charge in [-0.05, 0) is 43.2 Å². The molecule has 0 radical (unpaired) electrons. The molecule has 0 unspecified atom stereocenters. The molecule has 2 rings (SSSR count). The first-order chi connectivity index (χ1) is 8.61. The zero-order valence-corrected chi connectivity index (χ0v) is 10.3. The SMILES string of the molecule is Cc1ccc(F)c(Nc2c(C)cccc2C#N)c1. The molecule has 0 fully saturated rings. The van der Waals surface area contributed by atoms with Crippen LogP contribution >= 0.6 is 0 Å². The Morgan fingerprint density at radius 3 is 2.67 bits per heavy atom. The molecule has 0 aromatic heterocycles. The Bertz CT molecular complexity index is 627. The topological polar surface area (TPSA) is 35.8 Å². The van der Waals surface area contributed by atoms with E-state index in [0.717, 1.165) is 11.1 Å². The molecule has 0 saturated heterocycles. The number of nitrogens with one attached hydrogen (secondary N) is 1. The number of hydrogen-bond acceptors (Lipinski definition) is 2. The van der Waals surface area contributed by atoms with Gasteiger partial charge in [-0.25, -0.2) is 4.39 Å². The van der Waals surface area contributed by atoms with Gasteiger partial charge in [-0.1, -0.05) is 18.2 Å². The molecule has 0 amide bonds. The van der Waals surface area contributed by atoms with Gasteiger partial charge in [0.15, 0.2) is 0 Å². The second-order valence-electron chi connectivity index (χ2n) is 4.22. The van der Waals surface area contributed by atoms with Crippen LogP contribution in [0.3, 0.4) is 0 Å². The fourth-order valence-corrected chi connectivity index (χ4v) is 1.80. The summed E-state index contributed by atoms with van der Waals surface area (Å²) in [7, 11) is 0. The summed E-state index contributed by atoms with van der Waals surface area (Å²) in [5.41, 5.74) is 3.43. The van der Waals surface area contributed by atoms with Gasteiger partial charge in [-0.2, -0.15) is 5.26 Å². The largest absolute Gasteiger partial charge is 0.352 e. The zero-order valence-electron chi connectivity index (χ0n) is 10.3. The van der Waals surface area contributed by atoms with Gasteiger partial charge in [0, 0.05) is 0 Å². The third-order valence-corrected chi connectivity index (χ3v) is 2.77. The number of halogens is 1. The Balaban J connectivity index is 2.46. The second kappa shape index (κ2) is 4.89. The van der Waals surface area contributed by atoms with E-state index in [0.29, 0.717) is 16.9 Å². The van der Waals surface area contributed by atoms with E-state index in [1.807, 2.05) is 26.0 Å². The van der Waals surface area contributed by atoms with Crippen molar-refractivity contribution >= 4 is 11.4 Å². The number of rotatable bonds is 2. The second-order valence-corrected chi connectivity index (χ2v) is 4.22. The van der Waals surface area contributed by atoms with E-state index >= 15 is 0 Å². The van der Waals surface area contributed by atoms with Crippen LogP contribution in [0.15, 0.2) is 36.4 Å². The fourth-order valence-electron chi connectivity index (χ4n) is 1.80. The van der Waals surface area contributed by atoms with E-state index in [1.165, 1.54) is 6.07 Å². The van der Waals surface area contributed by atoms with Gasteiger partial charge in [0.25, 0.3) is 0 Å². The highest BCUT2D eigenvalue weighted by atomic mass is 19.1. The molecule has 0 aliphatic rings. The van der Waals surface area contributed by atoms with Crippen LogP contribution in [0.5, 0.6) is 0 Å². The van der Waals surface area contributed by atoms with Crippen LogP contribution in [0.25, 0.3) is 0 Å². The minimum Gasteiger partial charge on any atom is -0.352 e. The van der Waals surface area contributed by atoms with Crippen molar-refractivity contribution in [3.05, 3.63) is 58.9 Å². The van der Waals surface area contributed by atoms with Crippen LogP contribution in [0, 0.1) is 31.0 Å². The number of nitriles is 1. The van der Waals surface area contributed by atoms with E-state index in [2.05, 4.69) is 11.4 Å². The number of para-hydroxylation sites is 1. The van der Waals surface area contributed by atoms with Gasteiger partial charge < -0.3 is 5.32 Å². The van der Waals surface area contributed by atoms with Gasteiger partial charge in [0.05, 0.1) is 16.9 Å². The van der Waals surface area contributed by atoms with Crippen LogP contribution in [0.4, 0.5) is 15.8 Å². The lowest BCUT2D eigenvalue weighted by molar-refractivity contribution is 0.631. The smallest absolute Gasteiger partial charge is 0.146 e. The number of nitrogens with zero attached hydrogens (tertiary/aromatic N) is 1. The summed E-state index contributed by atoms with van der Waals surface area (Å²) < 4.78 is 13.7. The van der Waals surface area contributed by atoms with Crippen LogP contribution in [0.1, 0.15) is 16.7 Å². The molecule has 0 bridgehead atoms. The van der Waals surface area contributed by atoms with Crippen molar-refractivity contribution in [2.75, 3.05) is 5.32 Å². The summed E-state index contributed by atoms with van der Waals surface area (Å²) >= 11 is 0. The standard InChI is InChI=1S/C15H13FN2/c1-10-6-7-13(16)14(8-10)18-15-11(2)4-3-5-12(15)9-17/h3-8,18H,1-2H3. The number of hydrogen-bond donors (Lipinski definition) is 1. The van der Waals surface area contributed by atoms with Gasteiger partial charge >= 0.3 is 0 Å². The summed E-state index contributed by atoms with van der Waals surface area (Å²) in [6, 6.07) is 12.4. The van der Waals surface area contributed by atoms with Crippen molar-refractivity contribution in [2.24, 2.45) is 0 Å². The molecule has 2 aromatic rings. The lowest BCUT2D eigenvalue weighted by atomic mass is 10.1. The molecule has 18 heavy (non-hydrogen) atoms. The molecule has 0 aliphatic carbocycles. The molecular weight excluding hydrogens is 227 g/mol. The van der Waals surface area contributed by atoms with E-state index in [9.17, 15) is 4.39 Å². The Labute approximate surface area is 106 Å². The van der Waals surface area contributed by atoms with Crippen LogP contribution in [-0.2, 0) is 0 Å². The maximum Gasteiger partial charge on any atom is 0.146 e. The molecule has 0 atom stereocenters. The van der Waals surface area contributed by atoms with Crippen molar-refractivity contribution in [3.63, 3.8) is 0 Å². The summed E-state index contributed by atoms with van der Waals surface area (Å²) in [6.45, 7) is 3.78. The first-order valence-corrected chi connectivity index (χ1v) is 5.64. The Kier molecular flexibility index (Phi) is 3.29. The number of anilines is 2. The third kappa shape index (κ3) is 2.33. The minimum atomic E-state index is -0.326. The minimum absolute atomic E-state index is 0.326. The van der Waals surface area contributed by atoms with Gasteiger partial charge in [0.1, 0.15) is 11.9 Å². The monoisotopic (exact) mass is 240 g/mol. The molecule has 3 heteroatoms. The molecule has 0 heterocycles. The normalized spacial score (nSPS) is 9.89. The Hall–Kier alpha value is -2.34.